The van der Waals surface area contributed by atoms with Crippen molar-refractivity contribution in [1.82, 2.24) is 10.4 Å². The number of methoxy groups -OCH3 is 1. The third-order valence-electron chi connectivity index (χ3n) is 6.49. The maximum absolute atomic E-state index is 13.7. The van der Waals surface area contributed by atoms with Crippen LogP contribution in [0.5, 0.6) is 5.75 Å². The largest absolute Gasteiger partial charge is 0.496 e. The third kappa shape index (κ3) is 7.02. The lowest BCUT2D eigenvalue weighted by molar-refractivity contribution is -0.146. The highest BCUT2D eigenvalue weighted by Gasteiger charge is 2.34. The fraction of sp³-hybridized carbons (Fsp3) is 0.407. The number of amides is 2. The molecule has 1 aliphatic rings. The second-order valence-electron chi connectivity index (χ2n) is 9.11. The number of carboxylic acid groups (broad SMARTS) is 1. The van der Waals surface area contributed by atoms with Crippen LogP contribution in [0.4, 0.5) is 5.69 Å². The Morgan fingerprint density at radius 1 is 1.26 bits per heavy atom. The molecule has 11 heteroatoms. The molecular weight excluding hydrogens is 512 g/mol. The number of rotatable bonds is 10. The molecule has 38 heavy (non-hydrogen) atoms. The number of aliphatic imine (C=N–C) groups is 1. The molecule has 0 bridgehead atoms. The molecule has 0 saturated carbocycles. The van der Waals surface area contributed by atoms with Crippen LogP contribution in [-0.2, 0) is 20.8 Å². The number of carboxylic acids is 1. The number of hydrogen-bond donors (Lipinski definition) is 3. The predicted molar refractivity (Wildman–Crippen MR) is 144 cm³/mol. The van der Waals surface area contributed by atoms with Crippen molar-refractivity contribution in [2.24, 2.45) is 10.9 Å². The highest BCUT2D eigenvalue weighted by Crippen LogP contribution is 2.30. The standard InChI is InChI=1S/C27H33ClN4O6/c1-4-5-16(17-6-8-21(27(35)36)22(29)12-17)13-25(33)32-15-24(31-38-3)30-14-19(26(32)34)10-18-11-20(28)7-9-23(18)37-2/h6-9,11-12,16,19H,4-5,10,13-15,29H2,1-3H3,(H,30,31)(H,35,36)/t16-,19?/m0/s1. The molecule has 0 fully saturated rings. The van der Waals surface area contributed by atoms with E-state index in [0.29, 0.717) is 23.0 Å². The molecule has 10 nitrogen and oxygen atoms in total. The lowest BCUT2D eigenvalue weighted by Crippen LogP contribution is -2.45. The lowest BCUT2D eigenvalue weighted by Gasteiger charge is -2.26. The van der Waals surface area contributed by atoms with Crippen molar-refractivity contribution in [3.05, 3.63) is 58.1 Å². The van der Waals surface area contributed by atoms with E-state index in [4.69, 9.17) is 26.9 Å². The molecule has 4 N–H and O–H groups in total. The SMILES string of the molecule is CCC[C@@H](CC(=O)N1CC(NOC)=NCC(Cc2cc(Cl)ccc2OC)C1=O)c1ccc(C(=O)O)c(N)c1. The van der Waals surface area contributed by atoms with Gasteiger partial charge in [-0.15, -0.1) is 0 Å². The average Bonchev–Trinajstić information content (AvgIpc) is 3.03. The van der Waals surface area contributed by atoms with Crippen LogP contribution in [0.1, 0.15) is 53.6 Å². The first-order chi connectivity index (χ1) is 18.2. The highest BCUT2D eigenvalue weighted by molar-refractivity contribution is 6.30. The molecule has 0 aromatic heterocycles. The van der Waals surface area contributed by atoms with Gasteiger partial charge in [0.15, 0.2) is 0 Å². The number of nitrogens with zero attached hydrogens (tertiary/aromatic N) is 2. The van der Waals surface area contributed by atoms with Gasteiger partial charge in [0.25, 0.3) is 0 Å². The van der Waals surface area contributed by atoms with E-state index >= 15 is 0 Å². The fourth-order valence-corrected chi connectivity index (χ4v) is 4.79. The molecule has 1 aliphatic heterocycles. The monoisotopic (exact) mass is 544 g/mol. The molecule has 1 unspecified atom stereocenters. The summed E-state index contributed by atoms with van der Waals surface area (Å²) in [5, 5.41) is 9.81. The zero-order chi connectivity index (χ0) is 27.8. The second kappa shape index (κ2) is 13.3. The van der Waals surface area contributed by atoms with Crippen molar-refractivity contribution in [1.29, 1.82) is 0 Å². The minimum absolute atomic E-state index is 0.00352. The molecule has 0 radical (unpaired) electrons. The van der Waals surface area contributed by atoms with E-state index in [0.717, 1.165) is 17.5 Å². The molecule has 204 valence electrons. The summed E-state index contributed by atoms with van der Waals surface area (Å²) in [4.78, 5) is 49.4. The van der Waals surface area contributed by atoms with E-state index < -0.39 is 11.9 Å². The van der Waals surface area contributed by atoms with Gasteiger partial charge in [0, 0.05) is 17.1 Å². The number of halogens is 1. The van der Waals surface area contributed by atoms with E-state index in [-0.39, 0.29) is 54.9 Å². The predicted octanol–water partition coefficient (Wildman–Crippen LogP) is 3.68. The molecule has 1 heterocycles. The lowest BCUT2D eigenvalue weighted by atomic mass is 9.89. The average molecular weight is 545 g/mol. The maximum Gasteiger partial charge on any atom is 0.337 e. The molecule has 0 saturated heterocycles. The van der Waals surface area contributed by atoms with Crippen molar-refractivity contribution in [2.45, 2.75) is 38.5 Å². The summed E-state index contributed by atoms with van der Waals surface area (Å²) in [7, 11) is 2.97. The van der Waals surface area contributed by atoms with Crippen LogP contribution >= 0.6 is 11.6 Å². The van der Waals surface area contributed by atoms with Crippen LogP contribution in [0.25, 0.3) is 0 Å². The first-order valence-corrected chi connectivity index (χ1v) is 12.7. The molecule has 2 amide bonds. The Kier molecular flexibility index (Phi) is 10.1. The number of ether oxygens (including phenoxy) is 1. The molecule has 0 aliphatic carbocycles. The van der Waals surface area contributed by atoms with E-state index in [9.17, 15) is 19.5 Å². The van der Waals surface area contributed by atoms with Gasteiger partial charge in [-0.3, -0.25) is 29.8 Å². The minimum Gasteiger partial charge on any atom is -0.496 e. The zero-order valence-corrected chi connectivity index (χ0v) is 22.5. The summed E-state index contributed by atoms with van der Waals surface area (Å²) in [6, 6.07) is 9.89. The van der Waals surface area contributed by atoms with Crippen molar-refractivity contribution < 1.29 is 29.1 Å². The highest BCUT2D eigenvalue weighted by atomic mass is 35.5. The number of hydrogen-bond acceptors (Lipinski definition) is 8. The Bertz CT molecular complexity index is 1220. The van der Waals surface area contributed by atoms with Crippen LogP contribution in [0.15, 0.2) is 41.4 Å². The summed E-state index contributed by atoms with van der Waals surface area (Å²) < 4.78 is 5.44. The topological polar surface area (TPSA) is 144 Å². The summed E-state index contributed by atoms with van der Waals surface area (Å²) in [6.07, 6.45) is 1.75. The van der Waals surface area contributed by atoms with Crippen LogP contribution < -0.4 is 16.0 Å². The van der Waals surface area contributed by atoms with Crippen molar-refractivity contribution in [3.8, 4) is 5.75 Å². The number of amidine groups is 1. The number of hydroxylamine groups is 1. The van der Waals surface area contributed by atoms with Gasteiger partial charge in [0.2, 0.25) is 11.8 Å². The Hall–Kier alpha value is -3.63. The Balaban J connectivity index is 1.88. The molecular formula is C27H33ClN4O6. The molecule has 0 spiro atoms. The summed E-state index contributed by atoms with van der Waals surface area (Å²) in [6.45, 7) is 2.08. The van der Waals surface area contributed by atoms with E-state index in [1.807, 2.05) is 6.92 Å². The second-order valence-corrected chi connectivity index (χ2v) is 9.55. The van der Waals surface area contributed by atoms with Crippen LogP contribution in [-0.4, -0.2) is 60.9 Å². The number of carbonyl (C=O) groups excluding carboxylic acids is 2. The first kappa shape index (κ1) is 28.9. The summed E-state index contributed by atoms with van der Waals surface area (Å²) >= 11 is 6.19. The molecule has 2 aromatic carbocycles. The number of nitrogen functional groups attached to an aromatic ring is 1. The number of carbonyl (C=O) groups is 3. The number of benzene rings is 2. The first-order valence-electron chi connectivity index (χ1n) is 12.3. The van der Waals surface area contributed by atoms with Gasteiger partial charge in [0.1, 0.15) is 11.6 Å². The zero-order valence-electron chi connectivity index (χ0n) is 21.7. The van der Waals surface area contributed by atoms with E-state index in [1.165, 1.54) is 18.1 Å². The smallest absolute Gasteiger partial charge is 0.337 e. The third-order valence-corrected chi connectivity index (χ3v) is 6.73. The number of imide groups is 1. The van der Waals surface area contributed by atoms with Crippen molar-refractivity contribution >= 4 is 40.9 Å². The van der Waals surface area contributed by atoms with E-state index in [2.05, 4.69) is 10.5 Å². The Morgan fingerprint density at radius 2 is 2.03 bits per heavy atom. The van der Waals surface area contributed by atoms with Gasteiger partial charge >= 0.3 is 5.97 Å². The number of anilines is 1. The van der Waals surface area contributed by atoms with Crippen LogP contribution in [0.3, 0.4) is 0 Å². The van der Waals surface area contributed by atoms with Crippen LogP contribution in [0.2, 0.25) is 5.02 Å². The minimum atomic E-state index is -1.12. The van der Waals surface area contributed by atoms with Gasteiger partial charge < -0.3 is 15.6 Å². The fourth-order valence-electron chi connectivity index (χ4n) is 4.60. The van der Waals surface area contributed by atoms with Gasteiger partial charge in [0.05, 0.1) is 38.8 Å². The normalized spacial score (nSPS) is 16.4. The van der Waals surface area contributed by atoms with Gasteiger partial charge in [-0.25, -0.2) is 4.79 Å². The van der Waals surface area contributed by atoms with E-state index in [1.54, 1.807) is 37.4 Å². The van der Waals surface area contributed by atoms with Gasteiger partial charge in [-0.2, -0.15) is 0 Å². The molecule has 3 rings (SSSR count). The van der Waals surface area contributed by atoms with Crippen LogP contribution in [0, 0.1) is 5.92 Å². The Morgan fingerprint density at radius 3 is 2.66 bits per heavy atom. The van der Waals surface area contributed by atoms with Gasteiger partial charge in [-0.05, 0) is 60.2 Å². The number of nitrogens with two attached hydrogens (primary N) is 1. The van der Waals surface area contributed by atoms with Crippen molar-refractivity contribution in [3.63, 3.8) is 0 Å². The van der Waals surface area contributed by atoms with Crippen molar-refractivity contribution in [2.75, 3.05) is 33.0 Å². The summed E-state index contributed by atoms with van der Waals surface area (Å²) in [5.74, 6) is -1.78. The number of aromatic carboxylic acids is 1. The maximum atomic E-state index is 13.7. The van der Waals surface area contributed by atoms with Gasteiger partial charge in [-0.1, -0.05) is 31.0 Å². The molecule has 2 aromatic rings. The number of nitrogens with one attached hydrogen (secondary N) is 1. The quantitative estimate of drug-likeness (QED) is 0.303. The molecule has 2 atom stereocenters. The Labute approximate surface area is 226 Å². The summed E-state index contributed by atoms with van der Waals surface area (Å²) in [5.41, 5.74) is 10.2.